The number of carbonyl (C=O) groups is 1. The Kier molecular flexibility index (Phi) is 12.9. The third kappa shape index (κ3) is 13.3. The van der Waals surface area contributed by atoms with Crippen molar-refractivity contribution < 1.29 is 9.59 Å². The van der Waals surface area contributed by atoms with Gasteiger partial charge in [-0.1, -0.05) is 45.4 Å². The topological polar surface area (TPSA) is 34.1 Å². The van der Waals surface area contributed by atoms with Crippen LogP contribution in [-0.2, 0) is 9.59 Å². The van der Waals surface area contributed by atoms with Crippen LogP contribution in [0.3, 0.4) is 0 Å². The van der Waals surface area contributed by atoms with Gasteiger partial charge in [0.25, 0.3) is 0 Å². The van der Waals surface area contributed by atoms with E-state index in [-0.39, 0.29) is 0 Å². The zero-order chi connectivity index (χ0) is 12.8. The van der Waals surface area contributed by atoms with Gasteiger partial charge in [-0.25, -0.2) is 0 Å². The molecule has 0 N–H and O–H groups in total. The van der Waals surface area contributed by atoms with Crippen molar-refractivity contribution in [2.24, 2.45) is 0 Å². The van der Waals surface area contributed by atoms with Crippen LogP contribution in [0.2, 0.25) is 0 Å². The molecule has 0 aromatic carbocycles. The number of rotatable bonds is 13. The molecule has 0 atom stereocenters. The van der Waals surface area contributed by atoms with Gasteiger partial charge in [-0.15, -0.1) is 0 Å². The van der Waals surface area contributed by atoms with Gasteiger partial charge < -0.3 is 0 Å². The first kappa shape index (κ1) is 16.3. The predicted molar refractivity (Wildman–Crippen MR) is 71.8 cm³/mol. The Morgan fingerprint density at radius 3 is 1.94 bits per heavy atom. The van der Waals surface area contributed by atoms with Crippen molar-refractivity contribution >= 4 is 12.1 Å². The molecule has 0 unspecified atom stereocenters. The molecule has 0 aromatic heterocycles. The zero-order valence-corrected chi connectivity index (χ0v) is 11.3. The van der Waals surface area contributed by atoms with Crippen LogP contribution in [0.1, 0.15) is 84.0 Å². The van der Waals surface area contributed by atoms with Crippen molar-refractivity contribution in [3.8, 4) is 0 Å². The van der Waals surface area contributed by atoms with E-state index in [0.29, 0.717) is 18.6 Å². The minimum Gasteiger partial charge on any atom is -0.300 e. The lowest BCUT2D eigenvalue weighted by molar-refractivity contribution is -0.119. The molecule has 1 radical (unpaired) electrons. The molecule has 2 nitrogen and oxygen atoms in total. The van der Waals surface area contributed by atoms with Crippen molar-refractivity contribution in [3.05, 3.63) is 0 Å². The van der Waals surface area contributed by atoms with E-state index >= 15 is 0 Å². The molecule has 0 aliphatic heterocycles. The molecule has 17 heavy (non-hydrogen) atoms. The van der Waals surface area contributed by atoms with Gasteiger partial charge in [0.1, 0.15) is 5.78 Å². The predicted octanol–water partition coefficient (Wildman–Crippen LogP) is 4.37. The lowest BCUT2D eigenvalue weighted by Gasteiger charge is -2.01. The summed E-state index contributed by atoms with van der Waals surface area (Å²) in [5.74, 6) is 0.399. The Hall–Kier alpha value is -0.660. The summed E-state index contributed by atoms with van der Waals surface area (Å²) >= 11 is 0. The van der Waals surface area contributed by atoms with Crippen LogP contribution < -0.4 is 0 Å². The number of Topliss-reactive ketones (excluding diaryl/α,β-unsaturated/α-hetero) is 1. The van der Waals surface area contributed by atoms with Crippen LogP contribution in [0.5, 0.6) is 0 Å². The number of hydrogen-bond acceptors (Lipinski definition) is 2. The van der Waals surface area contributed by atoms with Gasteiger partial charge in [0.2, 0.25) is 0 Å². The van der Waals surface area contributed by atoms with Gasteiger partial charge in [-0.05, 0) is 19.3 Å². The van der Waals surface area contributed by atoms with Crippen molar-refractivity contribution in [2.75, 3.05) is 0 Å². The smallest absolute Gasteiger partial charge is 0.198 e. The Labute approximate surface area is 106 Å². The van der Waals surface area contributed by atoms with Crippen LogP contribution in [-0.4, -0.2) is 12.1 Å². The second-order valence-corrected chi connectivity index (χ2v) is 4.76. The molecule has 0 saturated carbocycles. The van der Waals surface area contributed by atoms with E-state index in [0.717, 1.165) is 32.1 Å². The highest BCUT2D eigenvalue weighted by molar-refractivity contribution is 5.78. The summed E-state index contributed by atoms with van der Waals surface area (Å²) in [4.78, 5) is 21.4. The van der Waals surface area contributed by atoms with Crippen molar-refractivity contribution in [2.45, 2.75) is 84.0 Å². The highest BCUT2D eigenvalue weighted by Crippen LogP contribution is 2.10. The molecule has 0 bridgehead atoms. The highest BCUT2D eigenvalue weighted by Gasteiger charge is 2.01. The molecule has 0 spiro atoms. The van der Waals surface area contributed by atoms with Crippen LogP contribution in [0, 0.1) is 0 Å². The van der Waals surface area contributed by atoms with Crippen LogP contribution in [0.25, 0.3) is 0 Å². The fraction of sp³-hybridized carbons (Fsp3) is 0.867. The first-order valence-electron chi connectivity index (χ1n) is 7.18. The maximum absolute atomic E-state index is 11.5. The third-order valence-corrected chi connectivity index (χ3v) is 3.04. The van der Waals surface area contributed by atoms with Crippen LogP contribution in [0.15, 0.2) is 0 Å². The molecule has 0 amide bonds. The highest BCUT2D eigenvalue weighted by atomic mass is 16.1. The molecule has 0 aliphatic rings. The summed E-state index contributed by atoms with van der Waals surface area (Å²) in [5.41, 5.74) is 0. The standard InChI is InChI=1S/C15H27O2/c1-2-3-4-5-6-9-12-15(17)13-10-7-8-11-14-16/h2-13H2,1H3. The van der Waals surface area contributed by atoms with Crippen LogP contribution >= 0.6 is 0 Å². The maximum Gasteiger partial charge on any atom is 0.198 e. The molecule has 0 rings (SSSR count). The zero-order valence-electron chi connectivity index (χ0n) is 11.3. The van der Waals surface area contributed by atoms with E-state index in [4.69, 9.17) is 0 Å². The Bertz CT molecular complexity index is 187. The molecule has 0 aromatic rings. The SMILES string of the molecule is CCCCCCCCC(=O)CCCCC[C]=O. The molecule has 2 heteroatoms. The average molecular weight is 239 g/mol. The molecule has 0 aliphatic carbocycles. The Morgan fingerprint density at radius 2 is 1.35 bits per heavy atom. The summed E-state index contributed by atoms with van der Waals surface area (Å²) in [6, 6.07) is 0. The van der Waals surface area contributed by atoms with Crippen LogP contribution in [0.4, 0.5) is 0 Å². The monoisotopic (exact) mass is 239 g/mol. The maximum atomic E-state index is 11.5. The second kappa shape index (κ2) is 13.4. The molecule has 0 fully saturated rings. The minimum absolute atomic E-state index is 0.399. The van der Waals surface area contributed by atoms with Gasteiger partial charge in [-0.3, -0.25) is 9.59 Å². The fourth-order valence-corrected chi connectivity index (χ4v) is 1.92. The summed E-state index contributed by atoms with van der Waals surface area (Å²) in [7, 11) is 0. The summed E-state index contributed by atoms with van der Waals surface area (Å²) in [5, 5.41) is 0. The molecule has 0 heterocycles. The third-order valence-electron chi connectivity index (χ3n) is 3.04. The molecular formula is C15H27O2. The first-order valence-corrected chi connectivity index (χ1v) is 7.18. The fourth-order valence-electron chi connectivity index (χ4n) is 1.92. The van der Waals surface area contributed by atoms with Gasteiger partial charge >= 0.3 is 0 Å². The van der Waals surface area contributed by atoms with Crippen molar-refractivity contribution in [1.29, 1.82) is 0 Å². The number of ketones is 1. The first-order chi connectivity index (χ1) is 8.31. The van der Waals surface area contributed by atoms with Gasteiger partial charge in [0.05, 0.1) is 0 Å². The van der Waals surface area contributed by atoms with E-state index in [9.17, 15) is 9.59 Å². The van der Waals surface area contributed by atoms with E-state index in [1.165, 1.54) is 32.1 Å². The lowest BCUT2D eigenvalue weighted by atomic mass is 10.0. The largest absolute Gasteiger partial charge is 0.300 e. The minimum atomic E-state index is 0.399. The second-order valence-electron chi connectivity index (χ2n) is 4.76. The lowest BCUT2D eigenvalue weighted by Crippen LogP contribution is -1.97. The van der Waals surface area contributed by atoms with Crippen molar-refractivity contribution in [3.63, 3.8) is 0 Å². The average Bonchev–Trinajstić information content (AvgIpc) is 2.33. The molecule has 0 saturated heterocycles. The quantitative estimate of drug-likeness (QED) is 0.447. The van der Waals surface area contributed by atoms with E-state index < -0.39 is 0 Å². The Balaban J connectivity index is 3.14. The van der Waals surface area contributed by atoms with E-state index in [1.807, 2.05) is 6.29 Å². The number of carbonyl (C=O) groups excluding carboxylic acids is 2. The number of unbranched alkanes of at least 4 members (excludes halogenated alkanes) is 8. The van der Waals surface area contributed by atoms with E-state index in [1.54, 1.807) is 0 Å². The summed E-state index contributed by atoms with van der Waals surface area (Å²) in [6.07, 6.45) is 14.1. The van der Waals surface area contributed by atoms with Gasteiger partial charge in [-0.2, -0.15) is 0 Å². The van der Waals surface area contributed by atoms with Gasteiger partial charge in [0.15, 0.2) is 6.29 Å². The molecular weight excluding hydrogens is 212 g/mol. The Morgan fingerprint density at radius 1 is 0.824 bits per heavy atom. The molecule has 99 valence electrons. The van der Waals surface area contributed by atoms with Gasteiger partial charge in [0, 0.05) is 19.3 Å². The normalized spacial score (nSPS) is 10.4. The van der Waals surface area contributed by atoms with E-state index in [2.05, 4.69) is 6.92 Å². The van der Waals surface area contributed by atoms with Crippen molar-refractivity contribution in [1.82, 2.24) is 0 Å². The summed E-state index contributed by atoms with van der Waals surface area (Å²) in [6.45, 7) is 2.21. The summed E-state index contributed by atoms with van der Waals surface area (Å²) < 4.78 is 0. The number of hydrogen-bond donors (Lipinski definition) is 0.